The van der Waals surface area contributed by atoms with Crippen LogP contribution in [-0.2, 0) is 11.2 Å². The molecule has 0 aromatic heterocycles. The fraction of sp³-hybridized carbons (Fsp3) is 0.571. The third-order valence-electron chi connectivity index (χ3n) is 3.93. The lowest BCUT2D eigenvalue weighted by molar-refractivity contribution is -0.0566. The molecular weight excluding hydrogens is 219 g/mol. The van der Waals surface area contributed by atoms with Gasteiger partial charge in [0.05, 0.1) is 6.61 Å². The van der Waals surface area contributed by atoms with Gasteiger partial charge in [-0.25, -0.2) is 4.39 Å². The first kappa shape index (κ1) is 11.0. The zero-order valence-electron chi connectivity index (χ0n) is 9.82. The second kappa shape index (κ2) is 4.30. The highest BCUT2D eigenvalue weighted by Gasteiger charge is 2.42. The van der Waals surface area contributed by atoms with Gasteiger partial charge < -0.3 is 9.47 Å². The molecule has 1 saturated heterocycles. The highest BCUT2D eigenvalue weighted by atomic mass is 19.1. The van der Waals surface area contributed by atoms with E-state index < -0.39 is 5.67 Å². The van der Waals surface area contributed by atoms with E-state index >= 15 is 0 Å². The maximum atomic E-state index is 14.8. The van der Waals surface area contributed by atoms with Crippen molar-refractivity contribution in [2.24, 2.45) is 5.92 Å². The van der Waals surface area contributed by atoms with E-state index in [9.17, 15) is 4.39 Å². The molecule has 0 amide bonds. The van der Waals surface area contributed by atoms with E-state index in [2.05, 4.69) is 0 Å². The first-order valence-corrected chi connectivity index (χ1v) is 6.25. The van der Waals surface area contributed by atoms with Gasteiger partial charge in [0.15, 0.2) is 0 Å². The van der Waals surface area contributed by atoms with Gasteiger partial charge in [-0.05, 0) is 18.1 Å². The predicted molar refractivity (Wildman–Crippen MR) is 63.0 cm³/mol. The van der Waals surface area contributed by atoms with Gasteiger partial charge in [0, 0.05) is 32.0 Å². The Bertz CT molecular complexity index is 399. The zero-order valence-corrected chi connectivity index (χ0v) is 9.82. The first-order valence-electron chi connectivity index (χ1n) is 6.25. The minimum atomic E-state index is -1.11. The zero-order chi connectivity index (χ0) is 11.7. The van der Waals surface area contributed by atoms with Gasteiger partial charge in [-0.1, -0.05) is 18.2 Å². The van der Waals surface area contributed by atoms with Crippen molar-refractivity contribution >= 4 is 0 Å². The summed E-state index contributed by atoms with van der Waals surface area (Å²) in [5.74, 6) is 0.890. The quantitative estimate of drug-likeness (QED) is 0.746. The van der Waals surface area contributed by atoms with Crippen LogP contribution in [0, 0.1) is 5.92 Å². The second-order valence-electron chi connectivity index (χ2n) is 4.97. The van der Waals surface area contributed by atoms with Crippen LogP contribution in [0.1, 0.15) is 18.4 Å². The molecule has 17 heavy (non-hydrogen) atoms. The van der Waals surface area contributed by atoms with E-state index in [-0.39, 0.29) is 5.92 Å². The standard InChI is InChI=1S/C14H17FO2/c15-14(5-7-16-8-6-14)12-9-11-3-1-2-4-13(11)17-10-12/h1-4,12H,5-10H2. The molecule has 0 aliphatic carbocycles. The Balaban J connectivity index is 1.79. The average Bonchev–Trinajstić information content (AvgIpc) is 2.39. The lowest BCUT2D eigenvalue weighted by Crippen LogP contribution is -2.44. The van der Waals surface area contributed by atoms with Crippen molar-refractivity contribution in [1.29, 1.82) is 0 Å². The highest BCUT2D eigenvalue weighted by molar-refractivity contribution is 5.35. The van der Waals surface area contributed by atoms with Gasteiger partial charge in [0.25, 0.3) is 0 Å². The van der Waals surface area contributed by atoms with Crippen LogP contribution in [0.2, 0.25) is 0 Å². The molecule has 0 N–H and O–H groups in total. The monoisotopic (exact) mass is 236 g/mol. The highest BCUT2D eigenvalue weighted by Crippen LogP contribution is 2.39. The van der Waals surface area contributed by atoms with Gasteiger partial charge in [-0.2, -0.15) is 0 Å². The van der Waals surface area contributed by atoms with E-state index in [4.69, 9.17) is 9.47 Å². The van der Waals surface area contributed by atoms with Crippen LogP contribution < -0.4 is 4.74 Å². The maximum Gasteiger partial charge on any atom is 0.122 e. The fourth-order valence-electron chi connectivity index (χ4n) is 2.78. The molecule has 0 saturated carbocycles. The molecule has 1 atom stereocenters. The van der Waals surface area contributed by atoms with Gasteiger partial charge in [0.1, 0.15) is 11.4 Å². The Morgan fingerprint density at radius 2 is 1.94 bits per heavy atom. The molecule has 2 heterocycles. The van der Waals surface area contributed by atoms with Crippen LogP contribution in [0.4, 0.5) is 4.39 Å². The van der Waals surface area contributed by atoms with Crippen molar-refractivity contribution in [1.82, 2.24) is 0 Å². The minimum absolute atomic E-state index is 0.0266. The van der Waals surface area contributed by atoms with E-state index in [1.54, 1.807) is 0 Å². The summed E-state index contributed by atoms with van der Waals surface area (Å²) in [6.07, 6.45) is 1.79. The van der Waals surface area contributed by atoms with Crippen LogP contribution in [0.5, 0.6) is 5.75 Å². The molecule has 2 nitrogen and oxygen atoms in total. The Labute approximate surface area is 101 Å². The maximum absolute atomic E-state index is 14.8. The van der Waals surface area contributed by atoms with Crippen molar-refractivity contribution in [2.45, 2.75) is 24.9 Å². The van der Waals surface area contributed by atoms with Crippen LogP contribution in [0.25, 0.3) is 0 Å². The molecule has 3 rings (SSSR count). The van der Waals surface area contributed by atoms with Gasteiger partial charge in [-0.15, -0.1) is 0 Å². The van der Waals surface area contributed by atoms with E-state index in [1.165, 1.54) is 0 Å². The molecule has 2 aliphatic rings. The minimum Gasteiger partial charge on any atom is -0.493 e. The number of hydrogen-bond acceptors (Lipinski definition) is 2. The Morgan fingerprint density at radius 3 is 2.76 bits per heavy atom. The van der Waals surface area contributed by atoms with Crippen LogP contribution in [-0.4, -0.2) is 25.5 Å². The third kappa shape index (κ3) is 2.04. The summed E-state index contributed by atoms with van der Waals surface area (Å²) in [6, 6.07) is 7.93. The molecule has 0 bridgehead atoms. The SMILES string of the molecule is FC1(C2COc3ccccc3C2)CCOCC1. The van der Waals surface area contributed by atoms with Gasteiger partial charge in [0.2, 0.25) is 0 Å². The normalized spacial score (nSPS) is 27.0. The van der Waals surface area contributed by atoms with Crippen molar-refractivity contribution < 1.29 is 13.9 Å². The summed E-state index contributed by atoms with van der Waals surface area (Å²) in [4.78, 5) is 0. The van der Waals surface area contributed by atoms with Crippen LogP contribution in [0.3, 0.4) is 0 Å². The summed E-state index contributed by atoms with van der Waals surface area (Å²) in [7, 11) is 0. The molecule has 92 valence electrons. The number of para-hydroxylation sites is 1. The second-order valence-corrected chi connectivity index (χ2v) is 4.97. The molecule has 1 unspecified atom stereocenters. The number of alkyl halides is 1. The van der Waals surface area contributed by atoms with E-state index in [1.807, 2.05) is 24.3 Å². The molecule has 2 aliphatic heterocycles. The van der Waals surface area contributed by atoms with Gasteiger partial charge >= 0.3 is 0 Å². The molecule has 1 fully saturated rings. The number of fused-ring (bicyclic) bond motifs is 1. The largest absolute Gasteiger partial charge is 0.493 e. The number of ether oxygens (including phenoxy) is 2. The predicted octanol–water partition coefficient (Wildman–Crippen LogP) is 2.76. The lowest BCUT2D eigenvalue weighted by Gasteiger charge is -2.39. The summed E-state index contributed by atoms with van der Waals surface area (Å²) < 4.78 is 25.7. The first-order chi connectivity index (χ1) is 8.28. The van der Waals surface area contributed by atoms with E-state index in [0.717, 1.165) is 17.7 Å². The van der Waals surface area contributed by atoms with Crippen molar-refractivity contribution in [3.8, 4) is 5.75 Å². The summed E-state index contributed by atoms with van der Waals surface area (Å²) >= 11 is 0. The Hall–Kier alpha value is -1.09. The van der Waals surface area contributed by atoms with Crippen molar-refractivity contribution in [3.05, 3.63) is 29.8 Å². The summed E-state index contributed by atoms with van der Waals surface area (Å²) in [6.45, 7) is 1.57. The average molecular weight is 236 g/mol. The van der Waals surface area contributed by atoms with Crippen molar-refractivity contribution in [2.75, 3.05) is 19.8 Å². The summed E-state index contributed by atoms with van der Waals surface area (Å²) in [5, 5.41) is 0. The van der Waals surface area contributed by atoms with E-state index in [0.29, 0.717) is 32.7 Å². The third-order valence-corrected chi connectivity index (χ3v) is 3.93. The number of halogens is 1. The fourth-order valence-corrected chi connectivity index (χ4v) is 2.78. The lowest BCUT2D eigenvalue weighted by atomic mass is 9.78. The number of benzene rings is 1. The molecule has 1 aromatic rings. The van der Waals surface area contributed by atoms with Crippen LogP contribution in [0.15, 0.2) is 24.3 Å². The van der Waals surface area contributed by atoms with Crippen molar-refractivity contribution in [3.63, 3.8) is 0 Å². The number of hydrogen-bond donors (Lipinski definition) is 0. The smallest absolute Gasteiger partial charge is 0.122 e. The molecular formula is C14H17FO2. The Morgan fingerprint density at radius 1 is 1.18 bits per heavy atom. The topological polar surface area (TPSA) is 18.5 Å². The molecule has 3 heteroatoms. The molecule has 1 aromatic carbocycles. The number of rotatable bonds is 1. The van der Waals surface area contributed by atoms with Crippen LogP contribution >= 0.6 is 0 Å². The Kier molecular flexibility index (Phi) is 2.79. The molecule has 0 spiro atoms. The molecule has 0 radical (unpaired) electrons. The van der Waals surface area contributed by atoms with Gasteiger partial charge in [-0.3, -0.25) is 0 Å². The summed E-state index contributed by atoms with van der Waals surface area (Å²) in [5.41, 5.74) is 0.0264.